The lowest BCUT2D eigenvalue weighted by Crippen LogP contribution is -1.98. The number of aryl methyl sites for hydroxylation is 1. The van der Waals surface area contributed by atoms with Gasteiger partial charge in [0.2, 0.25) is 5.78 Å². The number of hydrogen-bond acceptors (Lipinski definition) is 4. The second-order valence-electron chi connectivity index (χ2n) is 8.38. The van der Waals surface area contributed by atoms with Crippen LogP contribution in [0.3, 0.4) is 0 Å². The molecule has 3 aromatic carbocycles. The van der Waals surface area contributed by atoms with Crippen LogP contribution in [0.15, 0.2) is 78.7 Å². The number of methoxy groups -OCH3 is 1. The highest BCUT2D eigenvalue weighted by molar-refractivity contribution is 6.15. The Kier molecular flexibility index (Phi) is 6.15. The average molecular weight is 466 g/mol. The Hall–Kier alpha value is -4.25. The minimum absolute atomic E-state index is 0.126. The Morgan fingerprint density at radius 2 is 1.89 bits per heavy atom. The molecule has 2 heterocycles. The van der Waals surface area contributed by atoms with Crippen LogP contribution in [0.4, 0.5) is 0 Å². The molecule has 0 saturated heterocycles. The molecule has 0 fully saturated rings. The van der Waals surface area contributed by atoms with E-state index in [1.165, 1.54) is 0 Å². The number of aromatic nitrogens is 1. The zero-order valence-electron chi connectivity index (χ0n) is 20.1. The van der Waals surface area contributed by atoms with Gasteiger partial charge in [0, 0.05) is 34.8 Å². The first-order valence-corrected chi connectivity index (χ1v) is 11.7. The highest BCUT2D eigenvalue weighted by atomic mass is 16.5. The number of allylic oxidation sites excluding steroid dienone is 1. The topological polar surface area (TPSA) is 49.7 Å². The molecule has 0 unspecified atom stereocenters. The van der Waals surface area contributed by atoms with Crippen molar-refractivity contribution in [2.45, 2.75) is 20.4 Å². The van der Waals surface area contributed by atoms with E-state index in [0.29, 0.717) is 29.4 Å². The van der Waals surface area contributed by atoms with E-state index in [1.54, 1.807) is 13.2 Å². The van der Waals surface area contributed by atoms with Crippen LogP contribution in [0.2, 0.25) is 0 Å². The number of ketones is 1. The lowest BCUT2D eigenvalue weighted by atomic mass is 10.1. The number of nitrogens with zero attached hydrogens (tertiary/aromatic N) is 1. The van der Waals surface area contributed by atoms with Crippen LogP contribution < -0.4 is 14.2 Å². The van der Waals surface area contributed by atoms with Crippen molar-refractivity contribution in [1.82, 2.24) is 4.57 Å². The summed E-state index contributed by atoms with van der Waals surface area (Å²) >= 11 is 0. The van der Waals surface area contributed by atoms with Gasteiger partial charge in [-0.3, -0.25) is 4.79 Å². The molecular formula is C30H27NO4. The second-order valence-corrected chi connectivity index (χ2v) is 8.38. The first-order chi connectivity index (χ1) is 17.1. The number of fused-ring (bicyclic) bond motifs is 2. The largest absolute Gasteiger partial charge is 0.497 e. The van der Waals surface area contributed by atoms with Gasteiger partial charge < -0.3 is 18.8 Å². The summed E-state index contributed by atoms with van der Waals surface area (Å²) in [5.74, 6) is 2.21. The van der Waals surface area contributed by atoms with Crippen molar-refractivity contribution >= 4 is 28.8 Å². The minimum atomic E-state index is -0.126. The van der Waals surface area contributed by atoms with Gasteiger partial charge in [-0.2, -0.15) is 0 Å². The minimum Gasteiger partial charge on any atom is -0.497 e. The number of rotatable bonds is 7. The predicted octanol–water partition coefficient (Wildman–Crippen LogP) is 6.69. The van der Waals surface area contributed by atoms with Gasteiger partial charge in [0.25, 0.3) is 0 Å². The van der Waals surface area contributed by atoms with E-state index in [-0.39, 0.29) is 5.78 Å². The van der Waals surface area contributed by atoms with Gasteiger partial charge in [-0.05, 0) is 61.9 Å². The summed E-state index contributed by atoms with van der Waals surface area (Å²) < 4.78 is 19.6. The van der Waals surface area contributed by atoms with E-state index in [2.05, 4.69) is 11.5 Å². The van der Waals surface area contributed by atoms with Crippen molar-refractivity contribution in [3.05, 3.63) is 101 Å². The van der Waals surface area contributed by atoms with Crippen molar-refractivity contribution in [3.63, 3.8) is 0 Å². The predicted molar refractivity (Wildman–Crippen MR) is 139 cm³/mol. The molecule has 1 aliphatic rings. The van der Waals surface area contributed by atoms with Crippen LogP contribution in [-0.2, 0) is 6.54 Å². The van der Waals surface area contributed by atoms with Gasteiger partial charge in [0.1, 0.15) is 23.9 Å². The zero-order chi connectivity index (χ0) is 24.4. The smallest absolute Gasteiger partial charge is 0.231 e. The van der Waals surface area contributed by atoms with Crippen molar-refractivity contribution < 1.29 is 19.0 Å². The fourth-order valence-corrected chi connectivity index (χ4v) is 4.36. The van der Waals surface area contributed by atoms with E-state index in [0.717, 1.165) is 39.9 Å². The standard InChI is InChI=1S/C30H27NO4/c1-4-31-19-22(25-18-23(33-3)12-14-26(25)31)17-28-29(32)24-13-15-27(20(2)30(24)35-28)34-16-8-11-21-9-6-5-7-10-21/h5-15,17-19H,4,16H2,1-3H3/b11-8+,28-17+. The van der Waals surface area contributed by atoms with Crippen molar-refractivity contribution in [2.75, 3.05) is 13.7 Å². The highest BCUT2D eigenvalue weighted by Gasteiger charge is 2.30. The van der Waals surface area contributed by atoms with Gasteiger partial charge in [-0.25, -0.2) is 0 Å². The van der Waals surface area contributed by atoms with Crippen LogP contribution in [0.5, 0.6) is 17.2 Å². The molecule has 0 spiro atoms. The van der Waals surface area contributed by atoms with E-state index in [9.17, 15) is 4.79 Å². The molecular weight excluding hydrogens is 438 g/mol. The maximum atomic E-state index is 13.1. The molecule has 4 aromatic rings. The normalized spacial score (nSPS) is 14.0. The molecule has 5 rings (SSSR count). The Bertz CT molecular complexity index is 1460. The van der Waals surface area contributed by atoms with Gasteiger partial charge in [-0.1, -0.05) is 36.4 Å². The van der Waals surface area contributed by atoms with Gasteiger partial charge in [-0.15, -0.1) is 0 Å². The molecule has 1 aromatic heterocycles. The van der Waals surface area contributed by atoms with Crippen LogP contribution in [0.25, 0.3) is 23.1 Å². The van der Waals surface area contributed by atoms with Crippen LogP contribution in [0.1, 0.15) is 34.0 Å². The molecule has 5 nitrogen and oxygen atoms in total. The summed E-state index contributed by atoms with van der Waals surface area (Å²) in [7, 11) is 1.65. The molecule has 5 heteroatoms. The van der Waals surface area contributed by atoms with Crippen molar-refractivity contribution in [1.29, 1.82) is 0 Å². The summed E-state index contributed by atoms with van der Waals surface area (Å²) in [5, 5.41) is 1.01. The fourth-order valence-electron chi connectivity index (χ4n) is 4.36. The first kappa shape index (κ1) is 22.5. The number of hydrogen-bond donors (Lipinski definition) is 0. The molecule has 0 aliphatic carbocycles. The number of carbonyl (C=O) groups excluding carboxylic acids is 1. The van der Waals surface area contributed by atoms with Crippen molar-refractivity contribution in [2.24, 2.45) is 0 Å². The summed E-state index contributed by atoms with van der Waals surface area (Å²) in [6, 6.07) is 19.6. The van der Waals surface area contributed by atoms with Gasteiger partial charge >= 0.3 is 0 Å². The number of Topliss-reactive ketones (excluding diaryl/α,β-unsaturated/α-hetero) is 1. The first-order valence-electron chi connectivity index (χ1n) is 11.7. The van der Waals surface area contributed by atoms with E-state index in [4.69, 9.17) is 14.2 Å². The van der Waals surface area contributed by atoms with Crippen LogP contribution >= 0.6 is 0 Å². The quantitative estimate of drug-likeness (QED) is 0.286. The summed E-state index contributed by atoms with van der Waals surface area (Å²) in [6.07, 6.45) is 7.85. The molecule has 35 heavy (non-hydrogen) atoms. The molecule has 0 radical (unpaired) electrons. The van der Waals surface area contributed by atoms with E-state index < -0.39 is 0 Å². The molecule has 0 amide bonds. The molecule has 0 saturated carbocycles. The monoisotopic (exact) mass is 465 g/mol. The molecule has 0 bridgehead atoms. The molecule has 176 valence electrons. The second kappa shape index (κ2) is 9.55. The third-order valence-electron chi connectivity index (χ3n) is 6.23. The number of carbonyl (C=O) groups is 1. The third kappa shape index (κ3) is 4.33. The SMILES string of the molecule is CCn1cc(/C=C2/Oc3c(ccc(OC/C=C/c4ccccc4)c3C)C2=O)c2cc(OC)ccc21. The average Bonchev–Trinajstić information content (AvgIpc) is 3.40. The lowest BCUT2D eigenvalue weighted by molar-refractivity contribution is 0.101. The van der Waals surface area contributed by atoms with Gasteiger partial charge in [0.05, 0.1) is 12.7 Å². The summed E-state index contributed by atoms with van der Waals surface area (Å²) in [5.41, 5.74) is 4.48. The molecule has 0 atom stereocenters. The van der Waals surface area contributed by atoms with E-state index in [1.807, 2.05) is 85.9 Å². The zero-order valence-corrected chi connectivity index (χ0v) is 20.1. The van der Waals surface area contributed by atoms with Gasteiger partial charge in [0.15, 0.2) is 5.76 Å². The van der Waals surface area contributed by atoms with E-state index >= 15 is 0 Å². The fraction of sp³-hybridized carbons (Fsp3) is 0.167. The maximum absolute atomic E-state index is 13.1. The Balaban J connectivity index is 1.40. The summed E-state index contributed by atoms with van der Waals surface area (Å²) in [6.45, 7) is 5.25. The molecule has 1 aliphatic heterocycles. The van der Waals surface area contributed by atoms with Crippen molar-refractivity contribution in [3.8, 4) is 17.2 Å². The Morgan fingerprint density at radius 3 is 2.66 bits per heavy atom. The number of benzene rings is 3. The number of ether oxygens (including phenoxy) is 3. The third-order valence-corrected chi connectivity index (χ3v) is 6.23. The van der Waals surface area contributed by atoms with Crippen LogP contribution in [0, 0.1) is 6.92 Å². The lowest BCUT2D eigenvalue weighted by Gasteiger charge is -2.10. The maximum Gasteiger partial charge on any atom is 0.231 e. The molecule has 0 N–H and O–H groups in total. The Labute approximate surface area is 204 Å². The summed E-state index contributed by atoms with van der Waals surface area (Å²) in [4.78, 5) is 13.1. The Morgan fingerprint density at radius 1 is 1.06 bits per heavy atom. The van der Waals surface area contributed by atoms with Crippen LogP contribution in [-0.4, -0.2) is 24.1 Å². The highest BCUT2D eigenvalue weighted by Crippen LogP contribution is 2.40.